The second kappa shape index (κ2) is 6.80. The second-order valence-electron chi connectivity index (χ2n) is 6.06. The van der Waals surface area contributed by atoms with Gasteiger partial charge in [-0.2, -0.15) is 9.49 Å². The van der Waals surface area contributed by atoms with Crippen LogP contribution in [0.1, 0.15) is 0 Å². The number of rotatable bonds is 6. The number of pyridine rings is 1. The lowest BCUT2D eigenvalue weighted by Crippen LogP contribution is -2.22. The molecule has 2 aromatic heterocycles. The largest absolute Gasteiger partial charge is 0.360 e. The van der Waals surface area contributed by atoms with E-state index in [1.165, 1.54) is 6.07 Å². The summed E-state index contributed by atoms with van der Waals surface area (Å²) in [5.41, 5.74) is 1.12. The molecule has 2 aromatic rings. The maximum Gasteiger partial charge on any atom is 0.213 e. The molecule has 0 spiro atoms. The van der Waals surface area contributed by atoms with Gasteiger partial charge in [-0.05, 0) is 34.1 Å². The lowest BCUT2D eigenvalue weighted by Gasteiger charge is -2.15. The van der Waals surface area contributed by atoms with Crippen molar-refractivity contribution in [2.75, 3.05) is 6.61 Å². The topological polar surface area (TPSA) is 39.9 Å². The van der Waals surface area contributed by atoms with Crippen LogP contribution in [-0.2, 0) is 11.5 Å². The summed E-state index contributed by atoms with van der Waals surface area (Å²) in [5, 5.41) is 4.38. The van der Waals surface area contributed by atoms with Crippen molar-refractivity contribution in [3.8, 4) is 11.4 Å². The SMILES string of the molecule is C[Si](C)(C)CCOCn1cc(Br)c(-c2cccc(F)n2)n1. The normalized spacial score (nSPS) is 11.9. The van der Waals surface area contributed by atoms with Gasteiger partial charge in [0.25, 0.3) is 0 Å². The Labute approximate surface area is 133 Å². The number of ether oxygens (including phenoxy) is 1. The lowest BCUT2D eigenvalue weighted by atomic mass is 10.3. The van der Waals surface area contributed by atoms with Crippen LogP contribution in [0.2, 0.25) is 25.7 Å². The molecule has 21 heavy (non-hydrogen) atoms. The van der Waals surface area contributed by atoms with Gasteiger partial charge in [-0.25, -0.2) is 9.67 Å². The van der Waals surface area contributed by atoms with E-state index in [9.17, 15) is 4.39 Å². The highest BCUT2D eigenvalue weighted by Gasteiger charge is 2.13. The van der Waals surface area contributed by atoms with Gasteiger partial charge >= 0.3 is 0 Å². The molecule has 0 aliphatic heterocycles. The van der Waals surface area contributed by atoms with Crippen molar-refractivity contribution in [2.45, 2.75) is 32.4 Å². The molecule has 0 aromatic carbocycles. The number of hydrogen-bond donors (Lipinski definition) is 0. The standard InChI is InChI=1S/C14H19BrFN3OSi/c1-21(2,3)8-7-20-10-19-9-11(15)14(18-19)12-5-4-6-13(16)17-12/h4-6,9H,7-8,10H2,1-3H3. The van der Waals surface area contributed by atoms with Crippen molar-refractivity contribution in [3.63, 3.8) is 0 Å². The van der Waals surface area contributed by atoms with Crippen molar-refractivity contribution in [2.24, 2.45) is 0 Å². The van der Waals surface area contributed by atoms with Crippen LogP contribution in [0.4, 0.5) is 4.39 Å². The van der Waals surface area contributed by atoms with Crippen LogP contribution in [0, 0.1) is 5.95 Å². The summed E-state index contributed by atoms with van der Waals surface area (Å²) in [5.74, 6) is -0.514. The van der Waals surface area contributed by atoms with E-state index in [1.807, 2.05) is 6.20 Å². The molecule has 0 unspecified atom stereocenters. The third kappa shape index (κ3) is 5.01. The molecule has 0 saturated carbocycles. The fourth-order valence-corrected chi connectivity index (χ4v) is 2.99. The van der Waals surface area contributed by atoms with Crippen molar-refractivity contribution < 1.29 is 9.13 Å². The minimum Gasteiger partial charge on any atom is -0.360 e. The Kier molecular flexibility index (Phi) is 5.29. The Morgan fingerprint density at radius 2 is 2.10 bits per heavy atom. The molecule has 0 bridgehead atoms. The Balaban J connectivity index is 1.99. The Hall–Kier alpha value is -1.05. The first-order valence-electron chi connectivity index (χ1n) is 6.79. The zero-order valence-electron chi connectivity index (χ0n) is 12.4. The summed E-state index contributed by atoms with van der Waals surface area (Å²) in [4.78, 5) is 3.84. The number of nitrogens with zero attached hydrogens (tertiary/aromatic N) is 3. The van der Waals surface area contributed by atoms with E-state index < -0.39 is 14.0 Å². The third-order valence-corrected chi connectivity index (χ3v) is 5.18. The maximum absolute atomic E-state index is 13.2. The Bertz CT molecular complexity index is 613. The summed E-state index contributed by atoms with van der Waals surface area (Å²) in [6.07, 6.45) is 1.82. The van der Waals surface area contributed by atoms with Crippen molar-refractivity contribution >= 4 is 24.0 Å². The molecule has 7 heteroatoms. The Morgan fingerprint density at radius 1 is 1.33 bits per heavy atom. The molecule has 0 saturated heterocycles. The fraction of sp³-hybridized carbons (Fsp3) is 0.429. The molecule has 2 heterocycles. The fourth-order valence-electron chi connectivity index (χ4n) is 1.71. The lowest BCUT2D eigenvalue weighted by molar-refractivity contribution is 0.0787. The molecule has 0 aliphatic rings. The van der Waals surface area contributed by atoms with Crippen LogP contribution in [0.25, 0.3) is 11.4 Å². The van der Waals surface area contributed by atoms with Gasteiger partial charge in [-0.3, -0.25) is 0 Å². The highest BCUT2D eigenvalue weighted by atomic mass is 79.9. The molecular weight excluding hydrogens is 353 g/mol. The summed E-state index contributed by atoms with van der Waals surface area (Å²) in [6.45, 7) is 8.07. The summed E-state index contributed by atoms with van der Waals surface area (Å²) >= 11 is 3.42. The molecule has 2 rings (SSSR count). The van der Waals surface area contributed by atoms with Gasteiger partial charge < -0.3 is 4.74 Å². The molecule has 4 nitrogen and oxygen atoms in total. The van der Waals surface area contributed by atoms with E-state index in [-0.39, 0.29) is 0 Å². The van der Waals surface area contributed by atoms with Crippen LogP contribution < -0.4 is 0 Å². The van der Waals surface area contributed by atoms with Crippen LogP contribution in [-0.4, -0.2) is 29.4 Å². The average Bonchev–Trinajstić information content (AvgIpc) is 2.75. The summed E-state index contributed by atoms with van der Waals surface area (Å²) < 4.78 is 21.3. The van der Waals surface area contributed by atoms with Gasteiger partial charge in [0.2, 0.25) is 5.95 Å². The monoisotopic (exact) mass is 371 g/mol. The molecular formula is C14H19BrFN3OSi. The predicted octanol–water partition coefficient (Wildman–Crippen LogP) is 4.16. The van der Waals surface area contributed by atoms with Gasteiger partial charge in [0.1, 0.15) is 12.4 Å². The van der Waals surface area contributed by atoms with E-state index in [4.69, 9.17) is 4.74 Å². The minimum absolute atomic E-state index is 0.387. The van der Waals surface area contributed by atoms with Gasteiger partial charge in [-0.1, -0.05) is 25.7 Å². The van der Waals surface area contributed by atoms with E-state index in [0.717, 1.165) is 17.1 Å². The predicted molar refractivity (Wildman–Crippen MR) is 87.2 cm³/mol. The van der Waals surface area contributed by atoms with Gasteiger partial charge in [0.05, 0.1) is 10.2 Å². The smallest absolute Gasteiger partial charge is 0.213 e. The van der Waals surface area contributed by atoms with Crippen molar-refractivity contribution in [1.29, 1.82) is 0 Å². The zero-order valence-corrected chi connectivity index (χ0v) is 15.0. The third-order valence-electron chi connectivity index (χ3n) is 2.89. The summed E-state index contributed by atoms with van der Waals surface area (Å²) in [7, 11) is -1.08. The van der Waals surface area contributed by atoms with Gasteiger partial charge in [0.15, 0.2) is 0 Å². The second-order valence-corrected chi connectivity index (χ2v) is 12.5. The molecule has 0 radical (unpaired) electrons. The first-order valence-corrected chi connectivity index (χ1v) is 11.3. The van der Waals surface area contributed by atoms with Crippen molar-refractivity contribution in [1.82, 2.24) is 14.8 Å². The zero-order chi connectivity index (χ0) is 15.5. The van der Waals surface area contributed by atoms with E-state index >= 15 is 0 Å². The first-order chi connectivity index (χ1) is 9.85. The average molecular weight is 372 g/mol. The maximum atomic E-state index is 13.2. The van der Waals surface area contributed by atoms with Crippen LogP contribution in [0.3, 0.4) is 0 Å². The number of hydrogen-bond acceptors (Lipinski definition) is 3. The molecule has 0 amide bonds. The number of halogens is 2. The quantitative estimate of drug-likeness (QED) is 0.434. The highest BCUT2D eigenvalue weighted by Crippen LogP contribution is 2.25. The molecule has 0 atom stereocenters. The van der Waals surface area contributed by atoms with Crippen LogP contribution >= 0.6 is 15.9 Å². The molecule has 0 fully saturated rings. The van der Waals surface area contributed by atoms with Gasteiger partial charge in [-0.15, -0.1) is 0 Å². The first kappa shape index (κ1) is 16.3. The number of aromatic nitrogens is 3. The molecule has 0 N–H and O–H groups in total. The van der Waals surface area contributed by atoms with E-state index in [0.29, 0.717) is 18.1 Å². The van der Waals surface area contributed by atoms with E-state index in [2.05, 4.69) is 45.7 Å². The molecule has 114 valence electrons. The van der Waals surface area contributed by atoms with Gasteiger partial charge in [0, 0.05) is 20.9 Å². The minimum atomic E-state index is -1.08. The van der Waals surface area contributed by atoms with E-state index in [1.54, 1.807) is 16.8 Å². The van der Waals surface area contributed by atoms with Crippen LogP contribution in [0.15, 0.2) is 28.9 Å². The Morgan fingerprint density at radius 3 is 2.76 bits per heavy atom. The van der Waals surface area contributed by atoms with Crippen molar-refractivity contribution in [3.05, 3.63) is 34.8 Å². The molecule has 0 aliphatic carbocycles. The van der Waals surface area contributed by atoms with Crippen LogP contribution in [0.5, 0.6) is 0 Å². The summed E-state index contributed by atoms with van der Waals surface area (Å²) in [6, 6.07) is 5.78. The highest BCUT2D eigenvalue weighted by molar-refractivity contribution is 9.10.